The smallest absolute Gasteiger partial charge is 0.238 e. The lowest BCUT2D eigenvalue weighted by atomic mass is 10.1. The summed E-state index contributed by atoms with van der Waals surface area (Å²) in [6.07, 6.45) is 5.61. The zero-order chi connectivity index (χ0) is 21.8. The lowest BCUT2D eigenvalue weighted by Crippen LogP contribution is -2.43. The van der Waals surface area contributed by atoms with Crippen LogP contribution >= 0.6 is 27.3 Å². The molecule has 9 heteroatoms. The molecule has 1 saturated heterocycles. The maximum absolute atomic E-state index is 9.20. The highest BCUT2D eigenvalue weighted by Gasteiger charge is 2.25. The van der Waals surface area contributed by atoms with Crippen molar-refractivity contribution in [3.05, 3.63) is 56.1 Å². The van der Waals surface area contributed by atoms with Gasteiger partial charge in [0.25, 0.3) is 0 Å². The van der Waals surface area contributed by atoms with E-state index in [1.165, 1.54) is 0 Å². The molecular formula is C22H23BrN6OS. The van der Waals surface area contributed by atoms with Crippen LogP contribution in [-0.2, 0) is 6.54 Å². The summed E-state index contributed by atoms with van der Waals surface area (Å²) in [5.74, 6) is 1.79. The number of ether oxygens (including phenoxy) is 1. The Morgan fingerprint density at radius 1 is 1.26 bits per heavy atom. The quantitative estimate of drug-likeness (QED) is 0.525. The molecule has 1 aromatic carbocycles. The van der Waals surface area contributed by atoms with Gasteiger partial charge >= 0.3 is 0 Å². The second-order valence-electron chi connectivity index (χ2n) is 7.51. The second-order valence-corrected chi connectivity index (χ2v) is 9.34. The predicted octanol–water partition coefficient (Wildman–Crippen LogP) is 4.74. The molecule has 3 aromatic rings. The predicted molar refractivity (Wildman–Crippen MR) is 125 cm³/mol. The maximum atomic E-state index is 9.20. The van der Waals surface area contributed by atoms with Crippen molar-refractivity contribution in [2.75, 3.05) is 18.0 Å². The molecule has 4 rings (SSSR count). The van der Waals surface area contributed by atoms with Crippen LogP contribution < -0.4 is 15.0 Å². The molecule has 0 radical (unpaired) electrons. The normalized spacial score (nSPS) is 14.3. The molecule has 0 aliphatic carbocycles. The van der Waals surface area contributed by atoms with Gasteiger partial charge in [-0.1, -0.05) is 0 Å². The summed E-state index contributed by atoms with van der Waals surface area (Å²) in [6.45, 7) is 6.48. The Labute approximate surface area is 194 Å². The molecule has 160 valence electrons. The Kier molecular flexibility index (Phi) is 6.80. The molecule has 0 bridgehead atoms. The van der Waals surface area contributed by atoms with Crippen molar-refractivity contribution >= 4 is 33.2 Å². The molecule has 0 spiro atoms. The molecule has 1 fully saturated rings. The summed E-state index contributed by atoms with van der Waals surface area (Å²) in [7, 11) is 0. The number of nitrogens with zero attached hydrogens (tertiary/aromatic N) is 5. The number of halogens is 1. The van der Waals surface area contributed by atoms with Crippen molar-refractivity contribution in [1.82, 2.24) is 20.3 Å². The molecule has 3 heterocycles. The Morgan fingerprint density at radius 3 is 2.65 bits per heavy atom. The standard InChI is InChI=1S/C22H23BrN6OS/c1-14-9-16(11-24)10-15(2)20(14)30-21-18(23)12-27-22(28-21)29(13-19-26-7-8-31-19)17-3-5-25-6-4-17/h7-10,12,17,25H,3-6,13H2,1-2H3. The van der Waals surface area contributed by atoms with E-state index >= 15 is 0 Å². The Morgan fingerprint density at radius 2 is 2.00 bits per heavy atom. The van der Waals surface area contributed by atoms with Gasteiger partial charge in [-0.25, -0.2) is 9.97 Å². The van der Waals surface area contributed by atoms with E-state index < -0.39 is 0 Å². The van der Waals surface area contributed by atoms with Crippen LogP contribution in [0.15, 0.2) is 34.4 Å². The van der Waals surface area contributed by atoms with Crippen LogP contribution in [0.5, 0.6) is 11.6 Å². The van der Waals surface area contributed by atoms with E-state index in [-0.39, 0.29) is 0 Å². The van der Waals surface area contributed by atoms with Crippen LogP contribution in [0, 0.1) is 25.2 Å². The van der Waals surface area contributed by atoms with Crippen molar-refractivity contribution in [2.24, 2.45) is 0 Å². The van der Waals surface area contributed by atoms with Gasteiger partial charge in [-0.2, -0.15) is 10.2 Å². The topological polar surface area (TPSA) is 87.0 Å². The Bertz CT molecular complexity index is 1070. The number of hydrogen-bond donors (Lipinski definition) is 1. The van der Waals surface area contributed by atoms with E-state index in [1.807, 2.05) is 37.6 Å². The largest absolute Gasteiger partial charge is 0.437 e. The van der Waals surface area contributed by atoms with Gasteiger partial charge in [-0.3, -0.25) is 0 Å². The molecule has 31 heavy (non-hydrogen) atoms. The van der Waals surface area contributed by atoms with Crippen LogP contribution in [0.3, 0.4) is 0 Å². The van der Waals surface area contributed by atoms with Crippen LogP contribution in [-0.4, -0.2) is 34.1 Å². The number of rotatable bonds is 6. The Hall–Kier alpha value is -2.54. The molecule has 1 N–H and O–H groups in total. The number of thiazole rings is 1. The van der Waals surface area contributed by atoms with Crippen molar-refractivity contribution in [1.29, 1.82) is 5.26 Å². The fourth-order valence-electron chi connectivity index (χ4n) is 3.78. The first-order valence-electron chi connectivity index (χ1n) is 10.1. The van der Waals surface area contributed by atoms with Gasteiger partial charge in [0.1, 0.15) is 10.8 Å². The highest BCUT2D eigenvalue weighted by atomic mass is 79.9. The number of hydrogen-bond acceptors (Lipinski definition) is 8. The summed E-state index contributed by atoms with van der Waals surface area (Å²) in [5.41, 5.74) is 2.40. The van der Waals surface area contributed by atoms with Crippen LogP contribution in [0.2, 0.25) is 0 Å². The molecule has 0 saturated carbocycles. The molecule has 1 aliphatic rings. The van der Waals surface area contributed by atoms with E-state index in [2.05, 4.69) is 42.2 Å². The van der Waals surface area contributed by atoms with Crippen LogP contribution in [0.1, 0.15) is 34.5 Å². The SMILES string of the molecule is Cc1cc(C#N)cc(C)c1Oc1nc(N(Cc2nccs2)C2CCNCC2)ncc1Br. The third kappa shape index (κ3) is 5.03. The molecule has 0 atom stereocenters. The van der Waals surface area contributed by atoms with Gasteiger partial charge in [0.2, 0.25) is 11.8 Å². The third-order valence-electron chi connectivity index (χ3n) is 5.28. The van der Waals surface area contributed by atoms with Crippen molar-refractivity contribution in [3.8, 4) is 17.7 Å². The first-order chi connectivity index (χ1) is 15.0. The van der Waals surface area contributed by atoms with Crippen LogP contribution in [0.4, 0.5) is 5.95 Å². The van der Waals surface area contributed by atoms with E-state index in [9.17, 15) is 5.26 Å². The number of aromatic nitrogens is 3. The van der Waals surface area contributed by atoms with Crippen molar-refractivity contribution in [2.45, 2.75) is 39.3 Å². The van der Waals surface area contributed by atoms with Gasteiger partial charge in [0, 0.05) is 17.6 Å². The highest BCUT2D eigenvalue weighted by Crippen LogP contribution is 2.34. The maximum Gasteiger partial charge on any atom is 0.238 e. The molecule has 2 aromatic heterocycles. The number of benzene rings is 1. The minimum Gasteiger partial charge on any atom is -0.437 e. The van der Waals surface area contributed by atoms with Gasteiger partial charge in [0.05, 0.1) is 28.8 Å². The lowest BCUT2D eigenvalue weighted by Gasteiger charge is -2.34. The lowest BCUT2D eigenvalue weighted by molar-refractivity contribution is 0.417. The minimum atomic E-state index is 0.331. The minimum absolute atomic E-state index is 0.331. The van der Waals surface area contributed by atoms with E-state index in [0.29, 0.717) is 40.2 Å². The Balaban J connectivity index is 1.67. The number of aryl methyl sites for hydroxylation is 2. The van der Waals surface area contributed by atoms with Gasteiger partial charge < -0.3 is 15.0 Å². The summed E-state index contributed by atoms with van der Waals surface area (Å²) < 4.78 is 6.90. The highest BCUT2D eigenvalue weighted by molar-refractivity contribution is 9.10. The fourth-order valence-corrected chi connectivity index (χ4v) is 4.67. The number of anilines is 1. The van der Waals surface area contributed by atoms with Gasteiger partial charge in [0.15, 0.2) is 0 Å². The molecule has 0 amide bonds. The van der Waals surface area contributed by atoms with Crippen molar-refractivity contribution < 1.29 is 4.74 Å². The average molecular weight is 499 g/mol. The fraction of sp³-hybridized carbons (Fsp3) is 0.364. The summed E-state index contributed by atoms with van der Waals surface area (Å²) in [5, 5.41) is 15.6. The average Bonchev–Trinajstić information content (AvgIpc) is 3.29. The molecular weight excluding hydrogens is 476 g/mol. The molecule has 1 aliphatic heterocycles. The molecule has 7 nitrogen and oxygen atoms in total. The number of nitriles is 1. The first kappa shape index (κ1) is 21.7. The summed E-state index contributed by atoms with van der Waals surface area (Å²) >= 11 is 5.17. The van der Waals surface area contributed by atoms with Gasteiger partial charge in [-0.15, -0.1) is 11.3 Å². The van der Waals surface area contributed by atoms with Gasteiger partial charge in [-0.05, 0) is 79.0 Å². The first-order valence-corrected chi connectivity index (χ1v) is 11.8. The second kappa shape index (κ2) is 9.73. The monoisotopic (exact) mass is 498 g/mol. The summed E-state index contributed by atoms with van der Waals surface area (Å²) in [4.78, 5) is 16.1. The van der Waals surface area contributed by atoms with Crippen LogP contribution in [0.25, 0.3) is 0 Å². The van der Waals surface area contributed by atoms with Crippen molar-refractivity contribution in [3.63, 3.8) is 0 Å². The van der Waals surface area contributed by atoms with E-state index in [1.54, 1.807) is 17.5 Å². The third-order valence-corrected chi connectivity index (χ3v) is 6.59. The number of piperidine rings is 1. The van der Waals surface area contributed by atoms with E-state index in [0.717, 1.165) is 42.1 Å². The zero-order valence-electron chi connectivity index (χ0n) is 17.4. The molecule has 0 unspecified atom stereocenters. The zero-order valence-corrected chi connectivity index (χ0v) is 19.8. The van der Waals surface area contributed by atoms with E-state index in [4.69, 9.17) is 9.72 Å². The summed E-state index contributed by atoms with van der Waals surface area (Å²) in [6, 6.07) is 6.16. The number of nitrogens with one attached hydrogen (secondary N) is 1.